The van der Waals surface area contributed by atoms with Crippen LogP contribution in [0.15, 0.2) is 40.2 Å². The number of thiophene rings is 1. The molecule has 0 aliphatic heterocycles. The number of rotatable bonds is 4. The second-order valence-electron chi connectivity index (χ2n) is 4.83. The minimum atomic E-state index is 0.255. The highest BCUT2D eigenvalue weighted by Gasteiger charge is 2.09. The monoisotopic (exact) mass is 362 g/mol. The minimum absolute atomic E-state index is 0.255. The average Bonchev–Trinajstić information content (AvgIpc) is 3.08. The van der Waals surface area contributed by atoms with Crippen molar-refractivity contribution in [3.63, 3.8) is 0 Å². The SMILES string of the molecule is Cc1nc(-c2cccc(NC(C)c3ccc(Br)s3)c2)n[nH]1. The summed E-state index contributed by atoms with van der Waals surface area (Å²) in [6.07, 6.45) is 0. The number of hydrogen-bond acceptors (Lipinski definition) is 4. The summed E-state index contributed by atoms with van der Waals surface area (Å²) in [5.74, 6) is 1.54. The third kappa shape index (κ3) is 3.33. The molecule has 1 atom stereocenters. The van der Waals surface area contributed by atoms with Crippen LogP contribution >= 0.6 is 27.3 Å². The largest absolute Gasteiger partial charge is 0.378 e. The number of anilines is 1. The zero-order valence-electron chi connectivity index (χ0n) is 11.7. The Hall–Kier alpha value is -1.66. The highest BCUT2D eigenvalue weighted by molar-refractivity contribution is 9.11. The van der Waals surface area contributed by atoms with E-state index < -0.39 is 0 Å². The smallest absolute Gasteiger partial charge is 0.181 e. The van der Waals surface area contributed by atoms with E-state index >= 15 is 0 Å². The molecule has 0 saturated carbocycles. The molecular weight excluding hydrogens is 348 g/mol. The van der Waals surface area contributed by atoms with Crippen LogP contribution < -0.4 is 5.32 Å². The number of nitrogens with one attached hydrogen (secondary N) is 2. The Kier molecular flexibility index (Phi) is 4.07. The van der Waals surface area contributed by atoms with Gasteiger partial charge in [0.2, 0.25) is 0 Å². The van der Waals surface area contributed by atoms with Crippen molar-refractivity contribution in [1.29, 1.82) is 0 Å². The molecule has 1 unspecified atom stereocenters. The van der Waals surface area contributed by atoms with Crippen LogP contribution in [0.5, 0.6) is 0 Å². The van der Waals surface area contributed by atoms with Gasteiger partial charge in [-0.2, -0.15) is 5.10 Å². The summed E-state index contributed by atoms with van der Waals surface area (Å²) >= 11 is 5.24. The Morgan fingerprint density at radius 3 is 2.81 bits per heavy atom. The van der Waals surface area contributed by atoms with E-state index in [9.17, 15) is 0 Å². The molecule has 0 aliphatic rings. The number of nitrogens with zero attached hydrogens (tertiary/aromatic N) is 2. The van der Waals surface area contributed by atoms with Gasteiger partial charge in [-0.1, -0.05) is 12.1 Å². The standard InChI is InChI=1S/C15H15BrN4S/c1-9(13-6-7-14(16)21-13)17-12-5-3-4-11(8-12)15-18-10(2)19-20-15/h3-9,17H,1-2H3,(H,18,19,20). The molecule has 0 amide bonds. The van der Waals surface area contributed by atoms with Gasteiger partial charge in [0.25, 0.3) is 0 Å². The lowest BCUT2D eigenvalue weighted by Gasteiger charge is -2.14. The zero-order chi connectivity index (χ0) is 14.8. The fraction of sp³-hybridized carbons (Fsp3) is 0.200. The maximum Gasteiger partial charge on any atom is 0.181 e. The summed E-state index contributed by atoms with van der Waals surface area (Å²) in [5.41, 5.74) is 2.07. The zero-order valence-corrected chi connectivity index (χ0v) is 14.1. The third-order valence-corrected chi connectivity index (χ3v) is 4.93. The molecule has 4 nitrogen and oxygen atoms in total. The van der Waals surface area contributed by atoms with Gasteiger partial charge >= 0.3 is 0 Å². The van der Waals surface area contributed by atoms with Gasteiger partial charge in [0.1, 0.15) is 5.82 Å². The number of aryl methyl sites for hydroxylation is 1. The van der Waals surface area contributed by atoms with Gasteiger partial charge in [-0.05, 0) is 54.0 Å². The summed E-state index contributed by atoms with van der Waals surface area (Å²) in [6, 6.07) is 12.6. The van der Waals surface area contributed by atoms with Crippen molar-refractivity contribution in [2.45, 2.75) is 19.9 Å². The maximum absolute atomic E-state index is 4.36. The van der Waals surface area contributed by atoms with Crippen molar-refractivity contribution in [2.24, 2.45) is 0 Å². The molecule has 21 heavy (non-hydrogen) atoms. The molecule has 2 N–H and O–H groups in total. The van der Waals surface area contributed by atoms with E-state index in [0.717, 1.165) is 26.7 Å². The molecule has 0 spiro atoms. The van der Waals surface area contributed by atoms with Crippen LogP contribution in [0.25, 0.3) is 11.4 Å². The summed E-state index contributed by atoms with van der Waals surface area (Å²) < 4.78 is 1.15. The van der Waals surface area contributed by atoms with Gasteiger partial charge in [0.15, 0.2) is 5.82 Å². The third-order valence-electron chi connectivity index (χ3n) is 3.12. The Labute approximate surface area is 135 Å². The Morgan fingerprint density at radius 1 is 1.29 bits per heavy atom. The normalized spacial score (nSPS) is 12.3. The molecule has 0 fully saturated rings. The molecule has 0 aliphatic carbocycles. The molecular formula is C15H15BrN4S. The second kappa shape index (κ2) is 5.99. The molecule has 0 saturated heterocycles. The van der Waals surface area contributed by atoms with Crippen LogP contribution in [0.4, 0.5) is 5.69 Å². The van der Waals surface area contributed by atoms with Crippen molar-refractivity contribution in [3.8, 4) is 11.4 Å². The Balaban J connectivity index is 1.80. The quantitative estimate of drug-likeness (QED) is 0.702. The van der Waals surface area contributed by atoms with Crippen molar-refractivity contribution in [2.75, 3.05) is 5.32 Å². The predicted molar refractivity (Wildman–Crippen MR) is 90.6 cm³/mol. The number of hydrogen-bond donors (Lipinski definition) is 2. The van der Waals surface area contributed by atoms with Crippen molar-refractivity contribution < 1.29 is 0 Å². The number of halogens is 1. The van der Waals surface area contributed by atoms with Crippen molar-refractivity contribution in [3.05, 3.63) is 50.9 Å². The predicted octanol–water partition coefficient (Wildman–Crippen LogP) is 4.78. The van der Waals surface area contributed by atoms with E-state index in [0.29, 0.717) is 0 Å². The van der Waals surface area contributed by atoms with Crippen LogP contribution in [0.3, 0.4) is 0 Å². The summed E-state index contributed by atoms with van der Waals surface area (Å²) in [6.45, 7) is 4.05. The van der Waals surface area contributed by atoms with Gasteiger partial charge in [-0.25, -0.2) is 4.98 Å². The number of aromatic nitrogens is 3. The van der Waals surface area contributed by atoms with Crippen LogP contribution in [-0.2, 0) is 0 Å². The molecule has 0 radical (unpaired) electrons. The Bertz CT molecular complexity index is 749. The molecule has 3 rings (SSSR count). The van der Waals surface area contributed by atoms with Gasteiger partial charge < -0.3 is 5.32 Å². The molecule has 2 aromatic heterocycles. The fourth-order valence-electron chi connectivity index (χ4n) is 2.10. The number of H-pyrrole nitrogens is 1. The number of benzene rings is 1. The number of aromatic amines is 1. The lowest BCUT2D eigenvalue weighted by atomic mass is 10.1. The first-order valence-corrected chi connectivity index (χ1v) is 8.24. The van der Waals surface area contributed by atoms with Gasteiger partial charge in [-0.15, -0.1) is 11.3 Å². The van der Waals surface area contributed by atoms with Crippen LogP contribution in [0.2, 0.25) is 0 Å². The molecule has 1 aromatic carbocycles. The van der Waals surface area contributed by atoms with Crippen LogP contribution in [-0.4, -0.2) is 15.2 Å². The second-order valence-corrected chi connectivity index (χ2v) is 7.33. The first-order chi connectivity index (χ1) is 10.1. The first kappa shape index (κ1) is 14.3. The molecule has 2 heterocycles. The van der Waals surface area contributed by atoms with E-state index in [1.807, 2.05) is 19.1 Å². The van der Waals surface area contributed by atoms with Crippen molar-refractivity contribution in [1.82, 2.24) is 15.2 Å². The van der Waals surface area contributed by atoms with E-state index in [-0.39, 0.29) is 6.04 Å². The summed E-state index contributed by atoms with van der Waals surface area (Å²) in [4.78, 5) is 5.66. The van der Waals surface area contributed by atoms with Gasteiger partial charge in [-0.3, -0.25) is 5.10 Å². The van der Waals surface area contributed by atoms with Gasteiger partial charge in [0, 0.05) is 16.1 Å². The first-order valence-electron chi connectivity index (χ1n) is 6.63. The molecule has 3 aromatic rings. The van der Waals surface area contributed by atoms with E-state index in [1.165, 1.54) is 4.88 Å². The topological polar surface area (TPSA) is 53.6 Å². The van der Waals surface area contributed by atoms with E-state index in [2.05, 4.69) is 67.6 Å². The van der Waals surface area contributed by atoms with Crippen LogP contribution in [0, 0.1) is 6.92 Å². The lowest BCUT2D eigenvalue weighted by molar-refractivity contribution is 0.908. The molecule has 6 heteroatoms. The van der Waals surface area contributed by atoms with Gasteiger partial charge in [0.05, 0.1) is 9.83 Å². The molecule has 108 valence electrons. The van der Waals surface area contributed by atoms with Crippen molar-refractivity contribution >= 4 is 33.0 Å². The minimum Gasteiger partial charge on any atom is -0.378 e. The lowest BCUT2D eigenvalue weighted by Crippen LogP contribution is -2.04. The summed E-state index contributed by atoms with van der Waals surface area (Å²) in [7, 11) is 0. The molecule has 0 bridgehead atoms. The van der Waals surface area contributed by atoms with E-state index in [1.54, 1.807) is 11.3 Å². The summed E-state index contributed by atoms with van der Waals surface area (Å²) in [5, 5.41) is 10.6. The van der Waals surface area contributed by atoms with Crippen LogP contribution in [0.1, 0.15) is 23.7 Å². The van der Waals surface area contributed by atoms with E-state index in [4.69, 9.17) is 0 Å². The highest BCUT2D eigenvalue weighted by atomic mass is 79.9. The maximum atomic E-state index is 4.36. The Morgan fingerprint density at radius 2 is 2.14 bits per heavy atom. The average molecular weight is 363 g/mol. The highest BCUT2D eigenvalue weighted by Crippen LogP contribution is 2.30. The fourth-order valence-corrected chi connectivity index (χ4v) is 3.53.